The first-order valence-electron chi connectivity index (χ1n) is 9.68. The number of halogens is 2. The highest BCUT2D eigenvalue weighted by atomic mass is 19.3. The molecular formula is C24H24F2N2. The summed E-state index contributed by atoms with van der Waals surface area (Å²) in [6, 6.07) is 25.6. The minimum Gasteiger partial charge on any atom is -0.308 e. The third kappa shape index (κ3) is 4.29. The molecule has 4 rings (SSSR count). The smallest absolute Gasteiger partial charge is 0.264 e. The minimum absolute atomic E-state index is 0.0862. The predicted octanol–water partition coefficient (Wildman–Crippen LogP) is 5.44. The second-order valence-corrected chi connectivity index (χ2v) is 7.24. The summed E-state index contributed by atoms with van der Waals surface area (Å²) in [7, 11) is 0. The van der Waals surface area contributed by atoms with E-state index >= 15 is 0 Å². The van der Waals surface area contributed by atoms with E-state index in [0.29, 0.717) is 11.6 Å². The second kappa shape index (κ2) is 8.63. The highest BCUT2D eigenvalue weighted by Gasteiger charge is 2.20. The Morgan fingerprint density at radius 1 is 0.893 bits per heavy atom. The monoisotopic (exact) mass is 378 g/mol. The van der Waals surface area contributed by atoms with Gasteiger partial charge in [-0.2, -0.15) is 0 Å². The largest absolute Gasteiger partial charge is 0.308 e. The maximum Gasteiger partial charge on any atom is 0.264 e. The van der Waals surface area contributed by atoms with Gasteiger partial charge in [0.05, 0.1) is 0 Å². The molecule has 1 atom stereocenters. The van der Waals surface area contributed by atoms with Gasteiger partial charge in [-0.05, 0) is 22.3 Å². The molecule has 0 saturated carbocycles. The van der Waals surface area contributed by atoms with Crippen molar-refractivity contribution in [3.05, 3.63) is 95.6 Å². The summed E-state index contributed by atoms with van der Waals surface area (Å²) in [5, 5.41) is 3.59. The van der Waals surface area contributed by atoms with E-state index in [9.17, 15) is 8.78 Å². The molecule has 1 N–H and O–H groups in total. The Morgan fingerprint density at radius 3 is 2.36 bits per heavy atom. The minimum atomic E-state index is -2.47. The number of rotatable bonds is 5. The van der Waals surface area contributed by atoms with Crippen molar-refractivity contribution in [3.8, 4) is 11.1 Å². The van der Waals surface area contributed by atoms with Crippen LogP contribution in [0.3, 0.4) is 0 Å². The highest BCUT2D eigenvalue weighted by Crippen LogP contribution is 2.31. The maximum atomic E-state index is 13.3. The van der Waals surface area contributed by atoms with Crippen LogP contribution in [0, 0.1) is 0 Å². The molecule has 0 aliphatic carbocycles. The van der Waals surface area contributed by atoms with Crippen molar-refractivity contribution in [1.82, 2.24) is 10.2 Å². The van der Waals surface area contributed by atoms with E-state index in [1.54, 1.807) is 18.2 Å². The van der Waals surface area contributed by atoms with E-state index in [4.69, 9.17) is 0 Å². The van der Waals surface area contributed by atoms with E-state index in [1.807, 2.05) is 18.2 Å². The molecule has 0 amide bonds. The summed E-state index contributed by atoms with van der Waals surface area (Å²) in [6.07, 6.45) is -2.47. The third-order valence-corrected chi connectivity index (χ3v) is 5.33. The lowest BCUT2D eigenvalue weighted by Gasteiger charge is -2.34. The normalized spacial score (nSPS) is 17.8. The van der Waals surface area contributed by atoms with Crippen molar-refractivity contribution in [1.29, 1.82) is 0 Å². The molecule has 0 aromatic heterocycles. The van der Waals surface area contributed by atoms with Gasteiger partial charge in [0.15, 0.2) is 0 Å². The highest BCUT2D eigenvalue weighted by molar-refractivity contribution is 5.67. The summed E-state index contributed by atoms with van der Waals surface area (Å²) in [5.41, 5.74) is 4.04. The Balaban J connectivity index is 1.45. The van der Waals surface area contributed by atoms with Gasteiger partial charge in [0.25, 0.3) is 6.43 Å². The number of hydrogen-bond acceptors (Lipinski definition) is 2. The molecular weight excluding hydrogens is 354 g/mol. The standard InChI is InChI=1S/C24H24F2N2/c25-24(26)22-9-5-4-8-21(22)19-12-10-18(11-13-19)16-28-15-14-27-23(17-28)20-6-2-1-3-7-20/h1-13,23-24,27H,14-17H2. The topological polar surface area (TPSA) is 15.3 Å². The third-order valence-electron chi connectivity index (χ3n) is 5.33. The van der Waals surface area contributed by atoms with Gasteiger partial charge in [-0.3, -0.25) is 4.90 Å². The van der Waals surface area contributed by atoms with E-state index in [-0.39, 0.29) is 5.56 Å². The molecule has 144 valence electrons. The number of piperazine rings is 1. The summed E-state index contributed by atoms with van der Waals surface area (Å²) >= 11 is 0. The fourth-order valence-electron chi connectivity index (χ4n) is 3.86. The molecule has 3 aromatic rings. The average Bonchev–Trinajstić information content (AvgIpc) is 2.75. The molecule has 1 fully saturated rings. The van der Waals surface area contributed by atoms with Gasteiger partial charge in [-0.25, -0.2) is 8.78 Å². The van der Waals surface area contributed by atoms with Crippen molar-refractivity contribution >= 4 is 0 Å². The van der Waals surface area contributed by atoms with E-state index in [1.165, 1.54) is 17.2 Å². The van der Waals surface area contributed by atoms with Crippen LogP contribution < -0.4 is 5.32 Å². The lowest BCUT2D eigenvalue weighted by molar-refractivity contribution is 0.152. The van der Waals surface area contributed by atoms with Crippen molar-refractivity contribution < 1.29 is 8.78 Å². The molecule has 0 radical (unpaired) electrons. The first-order valence-corrected chi connectivity index (χ1v) is 9.68. The zero-order valence-electron chi connectivity index (χ0n) is 15.7. The van der Waals surface area contributed by atoms with Crippen LogP contribution in [-0.2, 0) is 6.54 Å². The summed E-state index contributed by atoms with van der Waals surface area (Å²) < 4.78 is 26.5. The number of hydrogen-bond donors (Lipinski definition) is 1. The average molecular weight is 378 g/mol. The summed E-state index contributed by atoms with van der Waals surface area (Å²) in [5.74, 6) is 0. The molecule has 0 spiro atoms. The number of nitrogens with zero attached hydrogens (tertiary/aromatic N) is 1. The second-order valence-electron chi connectivity index (χ2n) is 7.24. The van der Waals surface area contributed by atoms with E-state index < -0.39 is 6.43 Å². The molecule has 1 heterocycles. The first kappa shape index (κ1) is 18.8. The molecule has 0 bridgehead atoms. The fraction of sp³-hybridized carbons (Fsp3) is 0.250. The van der Waals surface area contributed by atoms with Crippen LogP contribution in [0.4, 0.5) is 8.78 Å². The molecule has 3 aromatic carbocycles. The van der Waals surface area contributed by atoms with Gasteiger partial charge < -0.3 is 5.32 Å². The molecule has 28 heavy (non-hydrogen) atoms. The van der Waals surface area contributed by atoms with Crippen LogP contribution in [0.1, 0.15) is 29.2 Å². The lowest BCUT2D eigenvalue weighted by atomic mass is 9.98. The zero-order valence-corrected chi connectivity index (χ0v) is 15.7. The Bertz CT molecular complexity index is 894. The summed E-state index contributed by atoms with van der Waals surface area (Å²) in [4.78, 5) is 2.44. The van der Waals surface area contributed by atoms with Crippen LogP contribution >= 0.6 is 0 Å². The van der Waals surface area contributed by atoms with Crippen molar-refractivity contribution in [2.24, 2.45) is 0 Å². The van der Waals surface area contributed by atoms with Crippen LogP contribution in [0.2, 0.25) is 0 Å². The Labute approximate surface area is 164 Å². The van der Waals surface area contributed by atoms with Gasteiger partial charge in [-0.1, -0.05) is 78.9 Å². The Kier molecular flexibility index (Phi) is 5.79. The van der Waals surface area contributed by atoms with Gasteiger partial charge in [0.1, 0.15) is 0 Å². The van der Waals surface area contributed by atoms with E-state index in [2.05, 4.69) is 46.6 Å². The molecule has 1 saturated heterocycles. The molecule has 1 aliphatic rings. The molecule has 2 nitrogen and oxygen atoms in total. The van der Waals surface area contributed by atoms with Crippen molar-refractivity contribution in [2.75, 3.05) is 19.6 Å². The SMILES string of the molecule is FC(F)c1ccccc1-c1ccc(CN2CCNC(c3ccccc3)C2)cc1. The van der Waals surface area contributed by atoms with Crippen LogP contribution in [0.15, 0.2) is 78.9 Å². The van der Waals surface area contributed by atoms with E-state index in [0.717, 1.165) is 31.7 Å². The molecule has 1 unspecified atom stereocenters. The molecule has 4 heteroatoms. The van der Waals surface area contributed by atoms with Crippen molar-refractivity contribution in [3.63, 3.8) is 0 Å². The number of alkyl halides is 2. The quantitative estimate of drug-likeness (QED) is 0.636. The van der Waals surface area contributed by atoms with Crippen LogP contribution in [0.25, 0.3) is 11.1 Å². The summed E-state index contributed by atoms with van der Waals surface area (Å²) in [6.45, 7) is 3.78. The maximum absolute atomic E-state index is 13.3. The number of nitrogens with one attached hydrogen (secondary N) is 1. The van der Waals surface area contributed by atoms with Gasteiger partial charge in [-0.15, -0.1) is 0 Å². The number of benzene rings is 3. The lowest BCUT2D eigenvalue weighted by Crippen LogP contribution is -2.45. The van der Waals surface area contributed by atoms with Gasteiger partial charge in [0.2, 0.25) is 0 Å². The Morgan fingerprint density at radius 2 is 1.61 bits per heavy atom. The predicted molar refractivity (Wildman–Crippen MR) is 109 cm³/mol. The van der Waals surface area contributed by atoms with Crippen LogP contribution in [-0.4, -0.2) is 24.5 Å². The Hall–Kier alpha value is -2.56. The molecule has 1 aliphatic heterocycles. The fourth-order valence-corrected chi connectivity index (χ4v) is 3.86. The van der Waals surface area contributed by atoms with Crippen molar-refractivity contribution in [2.45, 2.75) is 19.0 Å². The van der Waals surface area contributed by atoms with Crippen LogP contribution in [0.5, 0.6) is 0 Å². The zero-order chi connectivity index (χ0) is 19.3. The van der Waals surface area contributed by atoms with Gasteiger partial charge in [0, 0.05) is 37.8 Å². The van der Waals surface area contributed by atoms with Gasteiger partial charge >= 0.3 is 0 Å². The first-order chi connectivity index (χ1) is 13.7.